The van der Waals surface area contributed by atoms with Crippen LogP contribution in [-0.2, 0) is 10.9 Å². The minimum absolute atomic E-state index is 0.118. The summed E-state index contributed by atoms with van der Waals surface area (Å²) in [6, 6.07) is 2.72. The van der Waals surface area contributed by atoms with Crippen LogP contribution in [0.1, 0.15) is 22.8 Å². The maximum Gasteiger partial charge on any atom is 0.416 e. The monoisotopic (exact) mass is 291 g/mol. The van der Waals surface area contributed by atoms with Crippen molar-refractivity contribution in [2.45, 2.75) is 13.1 Å². The number of hydrogen-bond acceptors (Lipinski definition) is 4. The van der Waals surface area contributed by atoms with E-state index in [2.05, 4.69) is 10.7 Å². The van der Waals surface area contributed by atoms with Gasteiger partial charge in [0.25, 0.3) is 5.91 Å². The molecular weight excluding hydrogens is 275 g/mol. The van der Waals surface area contributed by atoms with Crippen molar-refractivity contribution in [2.24, 2.45) is 5.84 Å². The second-order valence-electron chi connectivity index (χ2n) is 3.86. The third-order valence-electron chi connectivity index (χ3n) is 2.48. The highest BCUT2D eigenvalue weighted by molar-refractivity contribution is 5.99. The van der Waals surface area contributed by atoms with Gasteiger partial charge in [-0.1, -0.05) is 0 Å². The maximum absolute atomic E-state index is 12.6. The van der Waals surface area contributed by atoms with Crippen LogP contribution in [0.5, 0.6) is 0 Å². The van der Waals surface area contributed by atoms with Crippen LogP contribution in [0.4, 0.5) is 18.9 Å². The summed E-state index contributed by atoms with van der Waals surface area (Å²) in [6.45, 7) is 2.78. The van der Waals surface area contributed by atoms with Crippen LogP contribution in [0.25, 0.3) is 0 Å². The number of halogens is 3. The summed E-state index contributed by atoms with van der Waals surface area (Å²) in [5, 5.41) is 2.46. The number of nitrogen functional groups attached to an aromatic ring is 1. The molecule has 0 aliphatic rings. The fourth-order valence-corrected chi connectivity index (χ4v) is 1.51. The van der Waals surface area contributed by atoms with Gasteiger partial charge in [0.15, 0.2) is 0 Å². The Morgan fingerprint density at radius 3 is 2.65 bits per heavy atom. The molecule has 1 aromatic rings. The molecule has 20 heavy (non-hydrogen) atoms. The first-order valence-electron chi connectivity index (χ1n) is 5.94. The van der Waals surface area contributed by atoms with E-state index >= 15 is 0 Å². The zero-order chi connectivity index (χ0) is 15.2. The summed E-state index contributed by atoms with van der Waals surface area (Å²) in [6.07, 6.45) is -4.52. The molecule has 5 nitrogen and oxygen atoms in total. The van der Waals surface area contributed by atoms with Crippen molar-refractivity contribution in [3.05, 3.63) is 29.3 Å². The molecule has 0 radical (unpaired) electrons. The van der Waals surface area contributed by atoms with E-state index in [1.165, 1.54) is 0 Å². The first kappa shape index (κ1) is 16.3. The Labute approximate surface area is 114 Å². The zero-order valence-corrected chi connectivity index (χ0v) is 10.9. The van der Waals surface area contributed by atoms with E-state index in [0.29, 0.717) is 6.61 Å². The Morgan fingerprint density at radius 1 is 1.40 bits per heavy atom. The lowest BCUT2D eigenvalue weighted by atomic mass is 10.1. The second kappa shape index (κ2) is 7.11. The van der Waals surface area contributed by atoms with Crippen LogP contribution < -0.4 is 16.6 Å². The van der Waals surface area contributed by atoms with Crippen molar-refractivity contribution in [2.75, 3.05) is 25.2 Å². The smallest absolute Gasteiger partial charge is 0.380 e. The fourth-order valence-electron chi connectivity index (χ4n) is 1.51. The van der Waals surface area contributed by atoms with Crippen molar-refractivity contribution in [3.8, 4) is 0 Å². The highest BCUT2D eigenvalue weighted by atomic mass is 19.4. The van der Waals surface area contributed by atoms with E-state index in [4.69, 9.17) is 10.6 Å². The van der Waals surface area contributed by atoms with E-state index in [0.717, 1.165) is 18.2 Å². The molecule has 1 aromatic carbocycles. The molecule has 0 saturated heterocycles. The number of nitrogens with one attached hydrogen (secondary N) is 2. The third kappa shape index (κ3) is 4.39. The lowest BCUT2D eigenvalue weighted by Gasteiger charge is -2.13. The maximum atomic E-state index is 12.6. The fraction of sp³-hybridized carbons (Fsp3) is 0.417. The van der Waals surface area contributed by atoms with Gasteiger partial charge < -0.3 is 15.5 Å². The highest BCUT2D eigenvalue weighted by Gasteiger charge is 2.31. The van der Waals surface area contributed by atoms with Gasteiger partial charge in [0.1, 0.15) is 0 Å². The molecule has 4 N–H and O–H groups in total. The average molecular weight is 291 g/mol. The van der Waals surface area contributed by atoms with E-state index in [1.54, 1.807) is 6.92 Å². The van der Waals surface area contributed by atoms with Crippen molar-refractivity contribution >= 4 is 11.6 Å². The standard InChI is InChI=1S/C12H16F3N3O2/c1-2-20-6-5-17-11(19)9-7-8(12(13,14)15)3-4-10(9)18-16/h3-4,7,18H,2,5-6,16H2,1H3,(H,17,19). The van der Waals surface area contributed by atoms with Gasteiger partial charge in [-0.15, -0.1) is 0 Å². The number of rotatable bonds is 6. The Bertz CT molecular complexity index is 464. The molecule has 1 amide bonds. The molecule has 0 aliphatic carbocycles. The summed E-state index contributed by atoms with van der Waals surface area (Å²) < 4.78 is 42.9. The second-order valence-corrected chi connectivity index (χ2v) is 3.86. The van der Waals surface area contributed by atoms with Crippen molar-refractivity contribution in [3.63, 3.8) is 0 Å². The average Bonchev–Trinajstić information content (AvgIpc) is 2.41. The number of ether oxygens (including phenoxy) is 1. The van der Waals surface area contributed by atoms with Gasteiger partial charge in [0.2, 0.25) is 0 Å². The lowest BCUT2D eigenvalue weighted by molar-refractivity contribution is -0.137. The number of alkyl halides is 3. The first-order valence-corrected chi connectivity index (χ1v) is 5.94. The van der Waals surface area contributed by atoms with Crippen LogP contribution in [0, 0.1) is 0 Å². The summed E-state index contributed by atoms with van der Waals surface area (Å²) >= 11 is 0. The van der Waals surface area contributed by atoms with Gasteiger partial charge in [-0.25, -0.2) is 0 Å². The number of carbonyl (C=O) groups excluding carboxylic acids is 1. The number of amides is 1. The molecule has 112 valence electrons. The summed E-state index contributed by atoms with van der Waals surface area (Å²) in [5.74, 6) is 4.54. The third-order valence-corrected chi connectivity index (χ3v) is 2.48. The van der Waals surface area contributed by atoms with Gasteiger partial charge >= 0.3 is 6.18 Å². The minimum atomic E-state index is -4.52. The Morgan fingerprint density at radius 2 is 2.10 bits per heavy atom. The van der Waals surface area contributed by atoms with Crippen LogP contribution in [0.15, 0.2) is 18.2 Å². The molecule has 0 atom stereocenters. The van der Waals surface area contributed by atoms with Gasteiger partial charge in [-0.2, -0.15) is 13.2 Å². The highest BCUT2D eigenvalue weighted by Crippen LogP contribution is 2.31. The molecule has 0 saturated carbocycles. The molecule has 0 bridgehead atoms. The zero-order valence-electron chi connectivity index (χ0n) is 10.9. The van der Waals surface area contributed by atoms with Gasteiger partial charge in [0.05, 0.1) is 23.4 Å². The molecule has 8 heteroatoms. The van der Waals surface area contributed by atoms with E-state index in [-0.39, 0.29) is 24.4 Å². The predicted octanol–water partition coefficient (Wildman–Crippen LogP) is 1.76. The van der Waals surface area contributed by atoms with Crippen molar-refractivity contribution < 1.29 is 22.7 Å². The minimum Gasteiger partial charge on any atom is -0.380 e. The SMILES string of the molecule is CCOCCNC(=O)c1cc(C(F)(F)F)ccc1NN. The molecule has 1 rings (SSSR count). The van der Waals surface area contributed by atoms with Gasteiger partial charge in [-0.3, -0.25) is 10.6 Å². The number of anilines is 1. The van der Waals surface area contributed by atoms with Gasteiger partial charge in [0, 0.05) is 13.2 Å². The number of carbonyl (C=O) groups is 1. The van der Waals surface area contributed by atoms with Crippen LogP contribution in [0.3, 0.4) is 0 Å². The molecular formula is C12H16F3N3O2. The molecule has 0 fully saturated rings. The normalized spacial score (nSPS) is 11.2. The van der Waals surface area contributed by atoms with E-state index in [9.17, 15) is 18.0 Å². The van der Waals surface area contributed by atoms with Crippen LogP contribution >= 0.6 is 0 Å². The van der Waals surface area contributed by atoms with E-state index < -0.39 is 17.6 Å². The van der Waals surface area contributed by atoms with Crippen molar-refractivity contribution in [1.82, 2.24) is 5.32 Å². The quantitative estimate of drug-likeness (QED) is 0.424. The Kier molecular flexibility index (Phi) is 5.78. The predicted molar refractivity (Wildman–Crippen MR) is 68.1 cm³/mol. The molecule has 0 unspecified atom stereocenters. The number of benzene rings is 1. The largest absolute Gasteiger partial charge is 0.416 e. The van der Waals surface area contributed by atoms with Crippen LogP contribution in [-0.4, -0.2) is 25.7 Å². The lowest BCUT2D eigenvalue weighted by Crippen LogP contribution is -2.29. The molecule has 0 aliphatic heterocycles. The number of nitrogens with two attached hydrogens (primary N) is 1. The van der Waals surface area contributed by atoms with Crippen molar-refractivity contribution in [1.29, 1.82) is 0 Å². The summed E-state index contributed by atoms with van der Waals surface area (Å²) in [7, 11) is 0. The number of hydrazine groups is 1. The van der Waals surface area contributed by atoms with E-state index in [1.807, 2.05) is 0 Å². The summed E-state index contributed by atoms with van der Waals surface area (Å²) in [4.78, 5) is 11.8. The molecule has 0 heterocycles. The Balaban J connectivity index is 2.88. The first-order chi connectivity index (χ1) is 9.40. The summed E-state index contributed by atoms with van der Waals surface area (Å²) in [5.41, 5.74) is 1.24. The molecule has 0 aromatic heterocycles. The van der Waals surface area contributed by atoms with Crippen LogP contribution in [0.2, 0.25) is 0 Å². The number of hydrogen-bond donors (Lipinski definition) is 3. The topological polar surface area (TPSA) is 76.4 Å². The Hall–Kier alpha value is -1.80. The molecule has 0 spiro atoms. The van der Waals surface area contributed by atoms with Gasteiger partial charge in [-0.05, 0) is 25.1 Å².